The van der Waals surface area contributed by atoms with E-state index in [0.717, 1.165) is 5.03 Å². The molecule has 2 atom stereocenters. The number of nitrogens with zero attached hydrogens (tertiary/aromatic N) is 2. The van der Waals surface area contributed by atoms with Crippen molar-refractivity contribution in [3.8, 4) is 0 Å². The summed E-state index contributed by atoms with van der Waals surface area (Å²) in [6.07, 6.45) is 5.48. The van der Waals surface area contributed by atoms with Gasteiger partial charge in [-0.05, 0) is 20.3 Å². The quantitative estimate of drug-likeness (QED) is 0.624. The fourth-order valence-corrected chi connectivity index (χ4v) is 2.66. The number of aromatic nitrogens is 2. The van der Waals surface area contributed by atoms with Gasteiger partial charge < -0.3 is 10.5 Å². The van der Waals surface area contributed by atoms with Gasteiger partial charge in [0.25, 0.3) is 0 Å². The summed E-state index contributed by atoms with van der Waals surface area (Å²) in [5.74, 6) is -0.364. The van der Waals surface area contributed by atoms with Gasteiger partial charge in [0.1, 0.15) is 10.6 Å². The van der Waals surface area contributed by atoms with E-state index < -0.39 is 5.54 Å². The molecule has 100 valence electrons. The number of nitrogens with two attached hydrogens (primary N) is 1. The molecule has 0 aliphatic carbocycles. The first-order valence-electron chi connectivity index (χ1n) is 5.84. The highest BCUT2D eigenvalue weighted by atomic mass is 32.2. The van der Waals surface area contributed by atoms with Crippen LogP contribution >= 0.6 is 11.8 Å². The van der Waals surface area contributed by atoms with E-state index in [1.807, 2.05) is 6.92 Å². The van der Waals surface area contributed by atoms with Gasteiger partial charge in [-0.25, -0.2) is 4.98 Å². The number of hydrogen-bond donors (Lipinski definition) is 1. The molecule has 0 fully saturated rings. The number of esters is 1. The molecule has 0 aliphatic rings. The van der Waals surface area contributed by atoms with Crippen LogP contribution in [0.5, 0.6) is 0 Å². The number of hydrogen-bond acceptors (Lipinski definition) is 6. The Balaban J connectivity index is 2.53. The third-order valence-corrected chi connectivity index (χ3v) is 3.34. The van der Waals surface area contributed by atoms with Crippen LogP contribution in [-0.2, 0) is 9.53 Å². The fraction of sp³-hybridized carbons (Fsp3) is 0.583. The molecule has 2 unspecified atom stereocenters. The molecule has 6 heteroatoms. The largest absolute Gasteiger partial charge is 0.465 e. The molecule has 0 bridgehead atoms. The van der Waals surface area contributed by atoms with Crippen LogP contribution in [-0.4, -0.2) is 33.3 Å². The summed E-state index contributed by atoms with van der Waals surface area (Å²) in [7, 11) is 0. The molecule has 1 aromatic rings. The highest BCUT2D eigenvalue weighted by molar-refractivity contribution is 7.99. The molecule has 1 heterocycles. The van der Waals surface area contributed by atoms with E-state index in [4.69, 9.17) is 10.5 Å². The molecule has 2 N–H and O–H groups in total. The standard InChI is InChI=1S/C12H19N3O2S/c1-4-17-11(16)12(3,13)7-9(2)18-10-8-14-5-6-15-10/h5-6,8-9H,4,7,13H2,1-3H3. The molecule has 0 aromatic carbocycles. The van der Waals surface area contributed by atoms with Crippen molar-refractivity contribution in [2.45, 2.75) is 43.0 Å². The first-order valence-corrected chi connectivity index (χ1v) is 6.72. The predicted molar refractivity (Wildman–Crippen MR) is 71.2 cm³/mol. The molecule has 0 saturated carbocycles. The van der Waals surface area contributed by atoms with Crippen molar-refractivity contribution in [2.24, 2.45) is 5.73 Å². The molecule has 0 amide bonds. The van der Waals surface area contributed by atoms with Gasteiger partial charge in [0, 0.05) is 17.6 Å². The zero-order chi connectivity index (χ0) is 13.6. The lowest BCUT2D eigenvalue weighted by atomic mass is 9.98. The molecule has 18 heavy (non-hydrogen) atoms. The number of carbonyl (C=O) groups excluding carboxylic acids is 1. The van der Waals surface area contributed by atoms with Crippen LogP contribution in [0.15, 0.2) is 23.6 Å². The Morgan fingerprint density at radius 3 is 2.89 bits per heavy atom. The van der Waals surface area contributed by atoms with E-state index >= 15 is 0 Å². The maximum atomic E-state index is 11.7. The third-order valence-electron chi connectivity index (χ3n) is 2.31. The fourth-order valence-electron chi connectivity index (χ4n) is 1.57. The Kier molecular flexibility index (Phi) is 5.55. The first kappa shape index (κ1) is 14.9. The van der Waals surface area contributed by atoms with Gasteiger partial charge >= 0.3 is 5.97 Å². The maximum Gasteiger partial charge on any atom is 0.325 e. The summed E-state index contributed by atoms with van der Waals surface area (Å²) in [4.78, 5) is 19.8. The topological polar surface area (TPSA) is 78.1 Å². The average Bonchev–Trinajstić information content (AvgIpc) is 2.29. The monoisotopic (exact) mass is 269 g/mol. The number of carbonyl (C=O) groups is 1. The Bertz CT molecular complexity index is 384. The van der Waals surface area contributed by atoms with E-state index in [1.54, 1.807) is 44.2 Å². The minimum Gasteiger partial charge on any atom is -0.465 e. The zero-order valence-electron chi connectivity index (χ0n) is 10.9. The van der Waals surface area contributed by atoms with Crippen molar-refractivity contribution in [3.63, 3.8) is 0 Å². The Morgan fingerprint density at radius 1 is 1.61 bits per heavy atom. The van der Waals surface area contributed by atoms with Gasteiger partial charge in [0.15, 0.2) is 0 Å². The molecule has 5 nitrogen and oxygen atoms in total. The summed E-state index contributed by atoms with van der Waals surface area (Å²) in [6, 6.07) is 0. The van der Waals surface area contributed by atoms with Crippen molar-refractivity contribution >= 4 is 17.7 Å². The highest BCUT2D eigenvalue weighted by Gasteiger charge is 2.32. The van der Waals surface area contributed by atoms with E-state index in [9.17, 15) is 4.79 Å². The Hall–Kier alpha value is -1.14. The van der Waals surface area contributed by atoms with Gasteiger partial charge in [0.2, 0.25) is 0 Å². The van der Waals surface area contributed by atoms with Crippen molar-refractivity contribution in [3.05, 3.63) is 18.6 Å². The van der Waals surface area contributed by atoms with Gasteiger partial charge in [-0.15, -0.1) is 11.8 Å². The molecule has 0 spiro atoms. The molecule has 0 aliphatic heterocycles. The molecular weight excluding hydrogens is 250 g/mol. The van der Waals surface area contributed by atoms with Crippen LogP contribution in [0.3, 0.4) is 0 Å². The van der Waals surface area contributed by atoms with Gasteiger partial charge in [-0.1, -0.05) is 6.92 Å². The van der Waals surface area contributed by atoms with Gasteiger partial charge in [-0.2, -0.15) is 0 Å². The van der Waals surface area contributed by atoms with E-state index in [2.05, 4.69) is 9.97 Å². The van der Waals surface area contributed by atoms with E-state index in [0.29, 0.717) is 13.0 Å². The maximum absolute atomic E-state index is 11.7. The molecule has 0 saturated heterocycles. The minimum absolute atomic E-state index is 0.154. The summed E-state index contributed by atoms with van der Waals surface area (Å²) in [6.45, 7) is 5.81. The van der Waals surface area contributed by atoms with Crippen molar-refractivity contribution in [1.29, 1.82) is 0 Å². The normalized spacial score (nSPS) is 15.8. The smallest absolute Gasteiger partial charge is 0.325 e. The number of ether oxygens (including phenoxy) is 1. The second-order valence-corrected chi connectivity index (χ2v) is 5.77. The molecule has 1 aromatic heterocycles. The highest BCUT2D eigenvalue weighted by Crippen LogP contribution is 2.26. The van der Waals surface area contributed by atoms with Crippen molar-refractivity contribution in [1.82, 2.24) is 9.97 Å². The molecule has 0 radical (unpaired) electrons. The van der Waals surface area contributed by atoms with Gasteiger partial charge in [-0.3, -0.25) is 9.78 Å². The second kappa shape index (κ2) is 6.70. The lowest BCUT2D eigenvalue weighted by Crippen LogP contribution is -2.47. The van der Waals surface area contributed by atoms with Crippen molar-refractivity contribution in [2.75, 3.05) is 6.61 Å². The molecule has 1 rings (SSSR count). The minimum atomic E-state index is -0.968. The predicted octanol–water partition coefficient (Wildman–Crippen LogP) is 1.63. The van der Waals surface area contributed by atoms with Crippen LogP contribution in [0.2, 0.25) is 0 Å². The Labute approximate surface area is 112 Å². The summed E-state index contributed by atoms with van der Waals surface area (Å²) >= 11 is 1.54. The van der Waals surface area contributed by atoms with Crippen LogP contribution in [0.25, 0.3) is 0 Å². The van der Waals surface area contributed by atoms with Crippen molar-refractivity contribution < 1.29 is 9.53 Å². The first-order chi connectivity index (χ1) is 8.45. The van der Waals surface area contributed by atoms with Crippen LogP contribution in [0.1, 0.15) is 27.2 Å². The van der Waals surface area contributed by atoms with Crippen LogP contribution in [0, 0.1) is 0 Å². The third kappa shape index (κ3) is 4.62. The Morgan fingerprint density at radius 2 is 2.33 bits per heavy atom. The average molecular weight is 269 g/mol. The second-order valence-electron chi connectivity index (χ2n) is 4.31. The number of thioether (sulfide) groups is 1. The lowest BCUT2D eigenvalue weighted by Gasteiger charge is -2.25. The van der Waals surface area contributed by atoms with Crippen LogP contribution < -0.4 is 5.73 Å². The van der Waals surface area contributed by atoms with Crippen LogP contribution in [0.4, 0.5) is 0 Å². The summed E-state index contributed by atoms with van der Waals surface area (Å²) in [5, 5.41) is 0.978. The summed E-state index contributed by atoms with van der Waals surface area (Å²) < 4.78 is 4.96. The van der Waals surface area contributed by atoms with Gasteiger partial charge in [0.05, 0.1) is 12.8 Å². The summed E-state index contributed by atoms with van der Waals surface area (Å²) in [5.41, 5.74) is 5.01. The van der Waals surface area contributed by atoms with E-state index in [1.165, 1.54) is 0 Å². The SMILES string of the molecule is CCOC(=O)C(C)(N)CC(C)Sc1cnccn1. The van der Waals surface area contributed by atoms with E-state index in [-0.39, 0.29) is 11.2 Å². The lowest BCUT2D eigenvalue weighted by molar-refractivity contribution is -0.149. The number of rotatable bonds is 6. The molecular formula is C12H19N3O2S. The zero-order valence-corrected chi connectivity index (χ0v) is 11.7.